The van der Waals surface area contributed by atoms with Crippen molar-refractivity contribution >= 4 is 25.4 Å². The van der Waals surface area contributed by atoms with Gasteiger partial charge in [-0.2, -0.15) is 0 Å². The van der Waals surface area contributed by atoms with E-state index in [0.29, 0.717) is 19.0 Å². The number of carbonyl (C=O) groups is 1. The summed E-state index contributed by atoms with van der Waals surface area (Å²) in [5.41, 5.74) is 2.10. The molecule has 0 aliphatic rings. The first kappa shape index (κ1) is 23.8. The molecule has 0 amide bonds. The van der Waals surface area contributed by atoms with E-state index in [2.05, 4.69) is 51.1 Å². The fourth-order valence-electron chi connectivity index (χ4n) is 3.30. The van der Waals surface area contributed by atoms with Gasteiger partial charge in [0.25, 0.3) is 9.04 Å². The van der Waals surface area contributed by atoms with Gasteiger partial charge in [0.1, 0.15) is 5.75 Å². The van der Waals surface area contributed by atoms with Crippen molar-refractivity contribution in [3.63, 3.8) is 0 Å². The van der Waals surface area contributed by atoms with Crippen LogP contribution in [0.1, 0.15) is 38.8 Å². The Labute approximate surface area is 192 Å². The Bertz CT molecular complexity index is 958. The molecule has 167 valence electrons. The molecule has 0 bridgehead atoms. The number of hydrogen-bond acceptors (Lipinski definition) is 4. The average molecular weight is 448 g/mol. The molecular weight excluding hydrogens is 416 g/mol. The van der Waals surface area contributed by atoms with Gasteiger partial charge in [0.2, 0.25) is 0 Å². The van der Waals surface area contributed by atoms with Crippen LogP contribution in [-0.4, -0.2) is 28.2 Å². The maximum absolute atomic E-state index is 11.8. The van der Waals surface area contributed by atoms with Crippen molar-refractivity contribution in [1.82, 2.24) is 0 Å². The van der Waals surface area contributed by atoms with Crippen molar-refractivity contribution < 1.29 is 18.7 Å². The van der Waals surface area contributed by atoms with Gasteiger partial charge in [-0.05, 0) is 40.4 Å². The van der Waals surface area contributed by atoms with E-state index in [-0.39, 0.29) is 18.0 Å². The predicted molar refractivity (Wildman–Crippen MR) is 130 cm³/mol. The SMILES string of the molecule is CCOC(=O)COc1ccc(C(C)(C)C)cc1CO[Si](c1ccccc1)c1ccccc1. The Morgan fingerprint density at radius 2 is 1.47 bits per heavy atom. The second kappa shape index (κ2) is 11.1. The Hall–Kier alpha value is -2.89. The lowest BCUT2D eigenvalue weighted by Crippen LogP contribution is -2.44. The Kier molecular flexibility index (Phi) is 8.25. The van der Waals surface area contributed by atoms with E-state index in [9.17, 15) is 4.79 Å². The summed E-state index contributed by atoms with van der Waals surface area (Å²) in [6.45, 7) is 8.91. The highest BCUT2D eigenvalue weighted by molar-refractivity contribution is 6.80. The van der Waals surface area contributed by atoms with Crippen molar-refractivity contribution in [2.75, 3.05) is 13.2 Å². The molecular formula is C27H31O4Si. The second-order valence-electron chi connectivity index (χ2n) is 8.52. The zero-order chi connectivity index (χ0) is 23.0. The normalized spacial score (nSPS) is 11.4. The quantitative estimate of drug-likeness (QED) is 0.363. The third kappa shape index (κ3) is 6.55. The minimum atomic E-state index is -1.45. The van der Waals surface area contributed by atoms with E-state index in [4.69, 9.17) is 13.9 Å². The fraction of sp³-hybridized carbons (Fsp3) is 0.296. The summed E-state index contributed by atoms with van der Waals surface area (Å²) in [4.78, 5) is 11.8. The van der Waals surface area contributed by atoms with Crippen LogP contribution in [0, 0.1) is 0 Å². The molecule has 5 heteroatoms. The molecule has 0 fully saturated rings. The highest BCUT2D eigenvalue weighted by Crippen LogP contribution is 2.29. The molecule has 3 aromatic carbocycles. The monoisotopic (exact) mass is 447 g/mol. The van der Waals surface area contributed by atoms with Crippen LogP contribution in [0.15, 0.2) is 78.9 Å². The molecule has 0 atom stereocenters. The minimum Gasteiger partial charge on any atom is -0.482 e. The summed E-state index contributed by atoms with van der Waals surface area (Å²) in [7, 11) is -1.45. The van der Waals surface area contributed by atoms with Gasteiger partial charge in [-0.3, -0.25) is 0 Å². The first-order valence-electron chi connectivity index (χ1n) is 10.9. The van der Waals surface area contributed by atoms with Crippen LogP contribution < -0.4 is 15.1 Å². The number of hydrogen-bond donors (Lipinski definition) is 0. The molecule has 0 N–H and O–H groups in total. The zero-order valence-corrected chi connectivity index (χ0v) is 20.3. The van der Waals surface area contributed by atoms with Crippen molar-refractivity contribution in [3.8, 4) is 5.75 Å². The third-order valence-electron chi connectivity index (χ3n) is 5.02. The summed E-state index contributed by atoms with van der Waals surface area (Å²) >= 11 is 0. The van der Waals surface area contributed by atoms with Gasteiger partial charge in [0, 0.05) is 5.56 Å². The molecule has 1 radical (unpaired) electrons. The van der Waals surface area contributed by atoms with Gasteiger partial charge in [-0.15, -0.1) is 0 Å². The summed E-state index contributed by atoms with van der Waals surface area (Å²) in [6, 6.07) is 26.8. The van der Waals surface area contributed by atoms with Gasteiger partial charge in [-0.1, -0.05) is 87.5 Å². The van der Waals surface area contributed by atoms with Gasteiger partial charge >= 0.3 is 5.97 Å². The van der Waals surface area contributed by atoms with Gasteiger partial charge in [0.05, 0.1) is 13.2 Å². The topological polar surface area (TPSA) is 44.8 Å². The van der Waals surface area contributed by atoms with Crippen LogP contribution in [0.2, 0.25) is 0 Å². The number of ether oxygens (including phenoxy) is 2. The molecule has 32 heavy (non-hydrogen) atoms. The largest absolute Gasteiger partial charge is 0.482 e. The first-order chi connectivity index (χ1) is 15.4. The van der Waals surface area contributed by atoms with E-state index in [0.717, 1.165) is 5.56 Å². The van der Waals surface area contributed by atoms with Gasteiger partial charge in [-0.25, -0.2) is 4.79 Å². The van der Waals surface area contributed by atoms with E-state index >= 15 is 0 Å². The minimum absolute atomic E-state index is 0.0128. The summed E-state index contributed by atoms with van der Waals surface area (Å²) < 4.78 is 17.4. The molecule has 3 aromatic rings. The molecule has 0 unspecified atom stereocenters. The van der Waals surface area contributed by atoms with Gasteiger partial charge in [0.15, 0.2) is 6.61 Å². The summed E-state index contributed by atoms with van der Waals surface area (Å²) in [5.74, 6) is 0.270. The lowest BCUT2D eigenvalue weighted by Gasteiger charge is -2.22. The molecule has 0 aromatic heterocycles. The average Bonchev–Trinajstić information content (AvgIpc) is 2.79. The Morgan fingerprint density at radius 3 is 2.00 bits per heavy atom. The molecule has 3 rings (SSSR count). The maximum Gasteiger partial charge on any atom is 0.344 e. The van der Waals surface area contributed by atoms with E-state index < -0.39 is 9.04 Å². The molecule has 0 aliphatic carbocycles. The third-order valence-corrected chi connectivity index (χ3v) is 7.17. The maximum atomic E-state index is 11.8. The van der Waals surface area contributed by atoms with Crippen LogP contribution in [0.4, 0.5) is 0 Å². The number of carbonyl (C=O) groups excluding carboxylic acids is 1. The summed E-state index contributed by atoms with van der Waals surface area (Å²) in [5, 5.41) is 2.37. The zero-order valence-electron chi connectivity index (χ0n) is 19.3. The Morgan fingerprint density at radius 1 is 0.875 bits per heavy atom. The standard InChI is InChI=1S/C27H31O4Si/c1-5-29-26(28)20-30-25-17-16-22(27(2,3)4)18-21(25)19-31-32(23-12-8-6-9-13-23)24-14-10-7-11-15-24/h6-18H,5,19-20H2,1-4H3. The molecule has 0 aliphatic heterocycles. The van der Waals surface area contributed by atoms with Crippen molar-refractivity contribution in [3.05, 3.63) is 90.0 Å². The molecule has 4 nitrogen and oxygen atoms in total. The highest BCUT2D eigenvalue weighted by Gasteiger charge is 2.22. The van der Waals surface area contributed by atoms with Crippen molar-refractivity contribution in [1.29, 1.82) is 0 Å². The Balaban J connectivity index is 1.87. The van der Waals surface area contributed by atoms with Crippen LogP contribution in [0.25, 0.3) is 0 Å². The van der Waals surface area contributed by atoms with Gasteiger partial charge < -0.3 is 13.9 Å². The summed E-state index contributed by atoms with van der Waals surface area (Å²) in [6.07, 6.45) is 0. The van der Waals surface area contributed by atoms with Crippen LogP contribution in [0.5, 0.6) is 5.75 Å². The van der Waals surface area contributed by atoms with E-state index in [1.54, 1.807) is 6.92 Å². The van der Waals surface area contributed by atoms with Crippen molar-refractivity contribution in [2.24, 2.45) is 0 Å². The lowest BCUT2D eigenvalue weighted by molar-refractivity contribution is -0.145. The fourth-order valence-corrected chi connectivity index (χ4v) is 5.26. The smallest absolute Gasteiger partial charge is 0.344 e. The molecule has 0 heterocycles. The van der Waals surface area contributed by atoms with Crippen molar-refractivity contribution in [2.45, 2.75) is 39.7 Å². The molecule has 0 saturated heterocycles. The highest BCUT2D eigenvalue weighted by atomic mass is 28.3. The molecule has 0 saturated carbocycles. The predicted octanol–water partition coefficient (Wildman–Crippen LogP) is 4.25. The second-order valence-corrected chi connectivity index (χ2v) is 10.6. The van der Waals surface area contributed by atoms with Crippen LogP contribution in [0.3, 0.4) is 0 Å². The first-order valence-corrected chi connectivity index (χ1v) is 12.3. The van der Waals surface area contributed by atoms with Crippen LogP contribution in [-0.2, 0) is 26.0 Å². The molecule has 0 spiro atoms. The van der Waals surface area contributed by atoms with E-state index in [1.165, 1.54) is 15.9 Å². The lowest BCUT2D eigenvalue weighted by atomic mass is 9.86. The number of benzene rings is 3. The van der Waals surface area contributed by atoms with Crippen LogP contribution >= 0.6 is 0 Å². The number of rotatable bonds is 9. The number of esters is 1. The van der Waals surface area contributed by atoms with E-state index in [1.807, 2.05) is 48.5 Å².